The van der Waals surface area contributed by atoms with E-state index in [2.05, 4.69) is 16.8 Å². The van der Waals surface area contributed by atoms with Crippen molar-refractivity contribution in [3.8, 4) is 17.9 Å². The number of hydrogen-bond acceptors (Lipinski definition) is 5. The Hall–Kier alpha value is -3.67. The van der Waals surface area contributed by atoms with Gasteiger partial charge in [-0.1, -0.05) is 48.6 Å². The van der Waals surface area contributed by atoms with Crippen LogP contribution < -0.4 is 14.7 Å². The van der Waals surface area contributed by atoms with Crippen molar-refractivity contribution < 1.29 is 70.8 Å². The van der Waals surface area contributed by atoms with Crippen molar-refractivity contribution in [2.75, 3.05) is 0 Å². The minimum atomic E-state index is -3.20. The smallest absolute Gasteiger partial charge is 0.860 e. The molecule has 0 aromatic heterocycles. The zero-order valence-electron chi connectivity index (χ0n) is 20.8. The maximum absolute atomic E-state index is 12.6. The number of allylic oxidation sites excluding steroid dienone is 8. The van der Waals surface area contributed by atoms with Crippen molar-refractivity contribution in [3.63, 3.8) is 0 Å². The van der Waals surface area contributed by atoms with Gasteiger partial charge in [0.15, 0.2) is 5.75 Å². The van der Waals surface area contributed by atoms with Gasteiger partial charge in [0.25, 0.3) is 0 Å². The van der Waals surface area contributed by atoms with E-state index in [9.17, 15) is 32.0 Å². The standard InChI is InChI=1S/C6BF5O3.2C6H5N.2C5H5.2Fe/c8-1-2(9)4(11)6(15-7(13)14)5(12)3(1)10;2*7-5-6-3-1-2-4-6;2*1-2-4-5-3-1;;/h;2*1-4,6H;2*1-5H;;/q-2;;;2*-1;2*+2. The molecule has 5 nitrogen and oxygen atoms in total. The number of nitriles is 2. The van der Waals surface area contributed by atoms with Gasteiger partial charge in [0.05, 0.1) is 24.0 Å². The first-order valence-electron chi connectivity index (χ1n) is 11.0. The van der Waals surface area contributed by atoms with E-state index < -0.39 is 42.2 Å². The third kappa shape index (κ3) is 15.6. The molecular formula is C28H20BF5Fe2N2O3. The van der Waals surface area contributed by atoms with Gasteiger partial charge >= 0.3 is 34.1 Å². The zero-order valence-corrected chi connectivity index (χ0v) is 23.0. The normalized spacial score (nSPS) is 11.7. The maximum Gasteiger partial charge on any atom is 2.00 e. The number of nitrogens with zero attached hydrogens (tertiary/aromatic N) is 2. The van der Waals surface area contributed by atoms with Crippen molar-refractivity contribution in [3.05, 3.63) is 138 Å². The van der Waals surface area contributed by atoms with Gasteiger partial charge in [-0.15, -0.1) is 0 Å². The predicted octanol–water partition coefficient (Wildman–Crippen LogP) is 4.78. The van der Waals surface area contributed by atoms with Crippen LogP contribution in [0.3, 0.4) is 0 Å². The molecule has 13 heteroatoms. The number of halogens is 5. The Morgan fingerprint density at radius 3 is 1.10 bits per heavy atom. The maximum atomic E-state index is 12.6. The van der Waals surface area contributed by atoms with Crippen LogP contribution in [0.2, 0.25) is 0 Å². The van der Waals surface area contributed by atoms with Crippen LogP contribution in [-0.4, -0.2) is 7.32 Å². The Labute approximate surface area is 256 Å². The molecule has 0 spiro atoms. The van der Waals surface area contributed by atoms with Gasteiger partial charge in [0, 0.05) is 0 Å². The summed E-state index contributed by atoms with van der Waals surface area (Å²) in [7, 11) is -3.20. The van der Waals surface area contributed by atoms with Crippen molar-refractivity contribution in [1.82, 2.24) is 0 Å². The van der Waals surface area contributed by atoms with E-state index in [1.165, 1.54) is 0 Å². The van der Waals surface area contributed by atoms with E-state index in [-0.39, 0.29) is 46.0 Å². The zero-order chi connectivity index (χ0) is 29.0. The quantitative estimate of drug-likeness (QED) is 0.131. The van der Waals surface area contributed by atoms with Crippen LogP contribution in [0.25, 0.3) is 0 Å². The van der Waals surface area contributed by atoms with Gasteiger partial charge < -0.3 is 14.7 Å². The van der Waals surface area contributed by atoms with E-state index in [1.807, 2.05) is 109 Å². The molecule has 2 aliphatic rings. The summed E-state index contributed by atoms with van der Waals surface area (Å²) in [5.41, 5.74) is 0. The molecule has 3 aromatic rings. The van der Waals surface area contributed by atoms with Crippen LogP contribution in [0.1, 0.15) is 0 Å². The molecule has 3 aromatic carbocycles. The topological polar surface area (TPSA) is 103 Å². The largest absolute Gasteiger partial charge is 2.00 e. The van der Waals surface area contributed by atoms with Crippen LogP contribution in [0.5, 0.6) is 5.75 Å². The fraction of sp³-hybridized carbons (Fsp3) is 0.0714. The molecule has 0 bridgehead atoms. The number of hydrogen-bond donors (Lipinski definition) is 0. The molecule has 5 rings (SSSR count). The van der Waals surface area contributed by atoms with Crippen molar-refractivity contribution in [1.29, 1.82) is 10.5 Å². The summed E-state index contributed by atoms with van der Waals surface area (Å²) >= 11 is 0. The first-order chi connectivity index (χ1) is 18.7. The minimum Gasteiger partial charge on any atom is -0.860 e. The minimum absolute atomic E-state index is 0. The van der Waals surface area contributed by atoms with E-state index in [4.69, 9.17) is 10.5 Å². The molecule has 0 atom stereocenters. The van der Waals surface area contributed by atoms with E-state index in [0.29, 0.717) is 0 Å². The second kappa shape index (κ2) is 23.1. The third-order valence-electron chi connectivity index (χ3n) is 4.29. The van der Waals surface area contributed by atoms with Gasteiger partial charge in [-0.25, -0.2) is 37.4 Å². The van der Waals surface area contributed by atoms with E-state index >= 15 is 0 Å². The second-order valence-electron chi connectivity index (χ2n) is 7.08. The monoisotopic (exact) mass is 650 g/mol. The summed E-state index contributed by atoms with van der Waals surface area (Å²) in [6.07, 6.45) is 15.0. The molecule has 41 heavy (non-hydrogen) atoms. The molecule has 0 aliphatic heterocycles. The molecule has 214 valence electrons. The van der Waals surface area contributed by atoms with Crippen LogP contribution >= 0.6 is 0 Å². The average Bonchev–Trinajstić information content (AvgIpc) is 3.78. The summed E-state index contributed by atoms with van der Waals surface area (Å²) in [5, 5.41) is 36.1. The second-order valence-corrected chi connectivity index (χ2v) is 7.08. The Morgan fingerprint density at radius 1 is 0.610 bits per heavy atom. The van der Waals surface area contributed by atoms with Crippen LogP contribution in [-0.2, 0) is 34.1 Å². The summed E-state index contributed by atoms with van der Waals surface area (Å²) in [6, 6.07) is 24.2. The molecular weight excluding hydrogens is 630 g/mol. The predicted molar refractivity (Wildman–Crippen MR) is 131 cm³/mol. The first kappa shape index (κ1) is 39.5. The Bertz CT molecular complexity index is 1170. The molecule has 0 saturated carbocycles. The SMILES string of the molecule is N#CC1C=CC=C1.N#CC1C=CC=C1.[Fe+2].[Fe+2].[O-]B([O-])Oc1c(F)c(F)c(F)c(F)c1F.c1cc[cH-]c1.c1cc[cH-]c1. The fourth-order valence-electron chi connectivity index (χ4n) is 2.46. The van der Waals surface area contributed by atoms with E-state index in [0.717, 1.165) is 0 Å². The summed E-state index contributed by atoms with van der Waals surface area (Å²) in [6.45, 7) is 0. The van der Waals surface area contributed by atoms with Crippen LogP contribution in [0, 0.1) is 63.6 Å². The Balaban J connectivity index is 0. The van der Waals surface area contributed by atoms with Gasteiger partial charge in [-0.05, 0) is 0 Å². The van der Waals surface area contributed by atoms with E-state index in [1.54, 1.807) is 0 Å². The van der Waals surface area contributed by atoms with Crippen molar-refractivity contribution in [2.24, 2.45) is 11.8 Å². The van der Waals surface area contributed by atoms with Gasteiger partial charge in [-0.2, -0.15) is 55.7 Å². The molecule has 0 amide bonds. The molecule has 0 heterocycles. The van der Waals surface area contributed by atoms with Gasteiger partial charge in [0.1, 0.15) is 7.32 Å². The molecule has 0 saturated heterocycles. The molecule has 0 fully saturated rings. The third-order valence-corrected chi connectivity index (χ3v) is 4.29. The Kier molecular flexibility index (Phi) is 22.2. The Morgan fingerprint density at radius 2 is 0.902 bits per heavy atom. The molecule has 0 radical (unpaired) electrons. The molecule has 2 aliphatic carbocycles. The average molecular weight is 650 g/mol. The summed E-state index contributed by atoms with van der Waals surface area (Å²) in [4.78, 5) is 0. The number of benzene rings is 1. The number of rotatable bonds is 2. The first-order valence-corrected chi connectivity index (χ1v) is 11.0. The van der Waals surface area contributed by atoms with Crippen LogP contribution in [0.4, 0.5) is 22.0 Å². The molecule has 0 N–H and O–H groups in total. The van der Waals surface area contributed by atoms with Gasteiger partial charge in [-0.3, -0.25) is 0 Å². The fourth-order valence-corrected chi connectivity index (χ4v) is 2.46. The summed E-state index contributed by atoms with van der Waals surface area (Å²) < 4.78 is 65.9. The van der Waals surface area contributed by atoms with Gasteiger partial charge in [0.2, 0.25) is 29.1 Å². The summed E-state index contributed by atoms with van der Waals surface area (Å²) in [5.74, 6) is -13.5. The van der Waals surface area contributed by atoms with Crippen LogP contribution in [0.15, 0.2) is 109 Å². The van der Waals surface area contributed by atoms with Crippen molar-refractivity contribution in [2.45, 2.75) is 0 Å². The van der Waals surface area contributed by atoms with Crippen molar-refractivity contribution >= 4 is 7.32 Å². The molecule has 0 unspecified atom stereocenters.